The number of furan rings is 1. The molecule has 0 aliphatic heterocycles. The van der Waals surface area contributed by atoms with Gasteiger partial charge in [-0.05, 0) is 36.2 Å². The van der Waals surface area contributed by atoms with Crippen LogP contribution in [0.5, 0.6) is 0 Å². The molecule has 8 heteroatoms. The van der Waals surface area contributed by atoms with Crippen molar-refractivity contribution in [2.24, 2.45) is 5.92 Å². The summed E-state index contributed by atoms with van der Waals surface area (Å²) in [5, 5.41) is 4.59. The van der Waals surface area contributed by atoms with Crippen molar-refractivity contribution in [3.63, 3.8) is 0 Å². The summed E-state index contributed by atoms with van der Waals surface area (Å²) in [5.41, 5.74) is -1.45. The number of hydrogen-bond acceptors (Lipinski definition) is 3. The predicted molar refractivity (Wildman–Crippen MR) is 86.2 cm³/mol. The van der Waals surface area contributed by atoms with E-state index in [0.717, 1.165) is 12.1 Å². The number of rotatable bonds is 5. The first-order valence-electron chi connectivity index (χ1n) is 7.52. The topological polar surface area (TPSA) is 71.3 Å². The van der Waals surface area contributed by atoms with E-state index in [1.807, 2.05) is 0 Å². The van der Waals surface area contributed by atoms with E-state index in [1.54, 1.807) is 13.8 Å². The van der Waals surface area contributed by atoms with Gasteiger partial charge in [-0.3, -0.25) is 9.59 Å². The van der Waals surface area contributed by atoms with Gasteiger partial charge in [-0.25, -0.2) is 0 Å². The molecule has 0 fully saturated rings. The lowest BCUT2D eigenvalue weighted by Crippen LogP contribution is -2.18. The summed E-state index contributed by atoms with van der Waals surface area (Å²) in [6, 6.07) is 6.04. The molecule has 2 amide bonds. The van der Waals surface area contributed by atoms with Crippen LogP contribution in [0.4, 0.5) is 24.5 Å². The van der Waals surface area contributed by atoms with Gasteiger partial charge in [-0.15, -0.1) is 0 Å². The van der Waals surface area contributed by atoms with Crippen molar-refractivity contribution in [1.29, 1.82) is 0 Å². The monoisotopic (exact) mass is 354 g/mol. The second-order valence-corrected chi connectivity index (χ2v) is 5.84. The fourth-order valence-electron chi connectivity index (χ4n) is 2.14. The molecule has 0 bridgehead atoms. The van der Waals surface area contributed by atoms with Gasteiger partial charge in [0.2, 0.25) is 5.91 Å². The number of amides is 2. The smallest absolute Gasteiger partial charge is 0.418 e. The number of carbonyl (C=O) groups excluding carboxylic acids is 2. The number of alkyl halides is 3. The van der Waals surface area contributed by atoms with Gasteiger partial charge in [-0.1, -0.05) is 13.8 Å². The lowest BCUT2D eigenvalue weighted by molar-refractivity contribution is -0.136. The zero-order valence-electron chi connectivity index (χ0n) is 13.6. The second-order valence-electron chi connectivity index (χ2n) is 5.84. The van der Waals surface area contributed by atoms with Gasteiger partial charge in [0.15, 0.2) is 5.76 Å². The van der Waals surface area contributed by atoms with Gasteiger partial charge in [0.05, 0.1) is 17.5 Å². The van der Waals surface area contributed by atoms with Gasteiger partial charge in [0, 0.05) is 12.1 Å². The first kappa shape index (κ1) is 18.6. The minimum Gasteiger partial charge on any atom is -0.459 e. The van der Waals surface area contributed by atoms with E-state index in [1.165, 1.54) is 24.5 Å². The molecule has 0 spiro atoms. The van der Waals surface area contributed by atoms with E-state index >= 15 is 0 Å². The van der Waals surface area contributed by atoms with Gasteiger partial charge in [0.25, 0.3) is 5.91 Å². The molecule has 1 heterocycles. The maximum atomic E-state index is 13.3. The van der Waals surface area contributed by atoms with Crippen LogP contribution < -0.4 is 10.6 Å². The summed E-state index contributed by atoms with van der Waals surface area (Å²) in [7, 11) is 0. The Balaban J connectivity index is 2.24. The average Bonchev–Trinajstić information content (AvgIpc) is 3.01. The average molecular weight is 354 g/mol. The zero-order valence-corrected chi connectivity index (χ0v) is 13.6. The summed E-state index contributed by atoms with van der Waals surface area (Å²) in [5.74, 6) is -1.19. The third-order valence-corrected chi connectivity index (χ3v) is 3.20. The molecule has 1 aromatic heterocycles. The molecule has 1 aromatic carbocycles. The van der Waals surface area contributed by atoms with Crippen molar-refractivity contribution in [2.75, 3.05) is 10.6 Å². The van der Waals surface area contributed by atoms with Crippen molar-refractivity contribution in [1.82, 2.24) is 0 Å². The third-order valence-electron chi connectivity index (χ3n) is 3.20. The summed E-state index contributed by atoms with van der Waals surface area (Å²) in [6.07, 6.45) is -3.30. The van der Waals surface area contributed by atoms with E-state index in [4.69, 9.17) is 4.42 Å². The molecule has 0 unspecified atom stereocenters. The van der Waals surface area contributed by atoms with Crippen LogP contribution in [0.2, 0.25) is 0 Å². The number of benzene rings is 1. The van der Waals surface area contributed by atoms with Crippen LogP contribution in [0.3, 0.4) is 0 Å². The Morgan fingerprint density at radius 1 is 1.16 bits per heavy atom. The highest BCUT2D eigenvalue weighted by molar-refractivity contribution is 6.02. The van der Waals surface area contributed by atoms with Crippen LogP contribution in [0.1, 0.15) is 36.4 Å². The highest BCUT2D eigenvalue weighted by atomic mass is 19.4. The minimum absolute atomic E-state index is 0.0150. The number of nitrogens with one attached hydrogen (secondary N) is 2. The molecular weight excluding hydrogens is 337 g/mol. The predicted octanol–water partition coefficient (Wildman–Crippen LogP) is 4.54. The fourth-order valence-corrected chi connectivity index (χ4v) is 2.14. The summed E-state index contributed by atoms with van der Waals surface area (Å²) in [6.45, 7) is 3.58. The Kier molecular flexibility index (Phi) is 5.51. The lowest BCUT2D eigenvalue weighted by atomic mass is 10.1. The van der Waals surface area contributed by atoms with Gasteiger partial charge in [-0.2, -0.15) is 13.2 Å². The van der Waals surface area contributed by atoms with Crippen LogP contribution in [-0.4, -0.2) is 11.8 Å². The molecule has 25 heavy (non-hydrogen) atoms. The standard InChI is InChI=1S/C17H17F3N2O3/c1-10(2)8-15(23)22-13-6-5-11(9-12(13)17(18,19)20)21-16(24)14-4-3-7-25-14/h3-7,9-10H,8H2,1-2H3,(H,21,24)(H,22,23). The normalized spacial score (nSPS) is 11.4. The van der Waals surface area contributed by atoms with E-state index in [-0.39, 0.29) is 29.5 Å². The van der Waals surface area contributed by atoms with Crippen molar-refractivity contribution in [3.8, 4) is 0 Å². The molecule has 5 nitrogen and oxygen atoms in total. The second kappa shape index (κ2) is 7.42. The highest BCUT2D eigenvalue weighted by Crippen LogP contribution is 2.36. The molecule has 2 N–H and O–H groups in total. The van der Waals surface area contributed by atoms with Crippen LogP contribution in [-0.2, 0) is 11.0 Å². The zero-order chi connectivity index (χ0) is 18.6. The number of carbonyl (C=O) groups is 2. The summed E-state index contributed by atoms with van der Waals surface area (Å²) >= 11 is 0. The molecule has 0 radical (unpaired) electrons. The van der Waals surface area contributed by atoms with Crippen molar-refractivity contribution in [3.05, 3.63) is 47.9 Å². The van der Waals surface area contributed by atoms with Gasteiger partial charge in [0.1, 0.15) is 0 Å². The highest BCUT2D eigenvalue weighted by Gasteiger charge is 2.34. The Morgan fingerprint density at radius 2 is 1.88 bits per heavy atom. The van der Waals surface area contributed by atoms with E-state index in [0.29, 0.717) is 0 Å². The quantitative estimate of drug-likeness (QED) is 0.828. The molecule has 0 aliphatic carbocycles. The molecular formula is C17H17F3N2O3. The van der Waals surface area contributed by atoms with Crippen molar-refractivity contribution in [2.45, 2.75) is 26.4 Å². The van der Waals surface area contributed by atoms with Gasteiger partial charge < -0.3 is 15.1 Å². The van der Waals surface area contributed by atoms with Crippen LogP contribution in [0.25, 0.3) is 0 Å². The molecule has 0 saturated heterocycles. The van der Waals surface area contributed by atoms with Crippen molar-refractivity contribution < 1.29 is 27.2 Å². The number of hydrogen-bond donors (Lipinski definition) is 2. The van der Waals surface area contributed by atoms with Crippen LogP contribution in [0, 0.1) is 5.92 Å². The van der Waals surface area contributed by atoms with Gasteiger partial charge >= 0.3 is 6.18 Å². The Labute approximate surface area is 142 Å². The lowest BCUT2D eigenvalue weighted by Gasteiger charge is -2.16. The third kappa shape index (κ3) is 5.10. The first-order valence-corrected chi connectivity index (χ1v) is 7.52. The SMILES string of the molecule is CC(C)CC(=O)Nc1ccc(NC(=O)c2ccco2)cc1C(F)(F)F. The van der Waals surface area contributed by atoms with Crippen LogP contribution in [0.15, 0.2) is 41.0 Å². The molecule has 2 rings (SSSR count). The summed E-state index contributed by atoms with van der Waals surface area (Å²) in [4.78, 5) is 23.6. The maximum absolute atomic E-state index is 13.3. The maximum Gasteiger partial charge on any atom is 0.418 e. The van der Waals surface area contributed by atoms with E-state index < -0.39 is 23.6 Å². The summed E-state index contributed by atoms with van der Waals surface area (Å²) < 4.78 is 44.7. The molecule has 134 valence electrons. The van der Waals surface area contributed by atoms with Crippen LogP contribution >= 0.6 is 0 Å². The fraction of sp³-hybridized carbons (Fsp3) is 0.294. The Morgan fingerprint density at radius 3 is 2.44 bits per heavy atom. The molecule has 0 saturated carbocycles. The molecule has 0 aliphatic rings. The van der Waals surface area contributed by atoms with E-state index in [9.17, 15) is 22.8 Å². The van der Waals surface area contributed by atoms with Crippen molar-refractivity contribution >= 4 is 23.2 Å². The number of halogens is 3. The first-order chi connectivity index (χ1) is 11.7. The molecule has 0 atom stereocenters. The molecule has 2 aromatic rings. The van der Waals surface area contributed by atoms with E-state index in [2.05, 4.69) is 10.6 Å². The Hall–Kier alpha value is -2.77. The number of anilines is 2. The Bertz CT molecular complexity index is 753. The minimum atomic E-state index is -4.69. The largest absolute Gasteiger partial charge is 0.459 e.